The van der Waals surface area contributed by atoms with Gasteiger partial charge in [-0.25, -0.2) is 18.4 Å². The molecule has 1 heterocycles. The highest BCUT2D eigenvalue weighted by molar-refractivity contribution is 7.90. The van der Waals surface area contributed by atoms with E-state index in [1.165, 1.54) is 11.8 Å². The van der Waals surface area contributed by atoms with Crippen LogP contribution < -0.4 is 10.1 Å². The van der Waals surface area contributed by atoms with E-state index in [9.17, 15) is 8.42 Å². The fourth-order valence-corrected chi connectivity index (χ4v) is 4.50. The van der Waals surface area contributed by atoms with Crippen molar-refractivity contribution < 1.29 is 13.2 Å². The number of aryl methyl sites for hydroxylation is 1. The summed E-state index contributed by atoms with van der Waals surface area (Å²) < 4.78 is 28.6. The smallest absolute Gasteiger partial charge is 0.148 e. The van der Waals surface area contributed by atoms with Crippen molar-refractivity contribution in [2.24, 2.45) is 0 Å². The maximum atomic E-state index is 11.4. The second-order valence-corrected chi connectivity index (χ2v) is 11.3. The van der Waals surface area contributed by atoms with Crippen molar-refractivity contribution in [2.75, 3.05) is 37.5 Å². The molecular formula is C28H32N4O3S. The molecule has 0 fully saturated rings. The van der Waals surface area contributed by atoms with E-state index in [4.69, 9.17) is 4.74 Å². The van der Waals surface area contributed by atoms with Crippen LogP contribution in [0.4, 0.5) is 11.5 Å². The summed E-state index contributed by atoms with van der Waals surface area (Å²) in [4.78, 5) is 11.0. The van der Waals surface area contributed by atoms with Crippen molar-refractivity contribution in [3.05, 3.63) is 90.3 Å². The normalized spacial score (nSPS) is 11.6. The number of nitrogens with zero attached hydrogens (tertiary/aromatic N) is 3. The second kappa shape index (κ2) is 12.0. The van der Waals surface area contributed by atoms with Crippen LogP contribution in [-0.4, -0.2) is 55.4 Å². The first-order valence-electron chi connectivity index (χ1n) is 12.0. The van der Waals surface area contributed by atoms with E-state index in [-0.39, 0.29) is 5.75 Å². The van der Waals surface area contributed by atoms with E-state index in [1.807, 2.05) is 67.7 Å². The largest absolute Gasteiger partial charge is 0.489 e. The fourth-order valence-electron chi connectivity index (χ4n) is 3.86. The molecule has 1 aromatic heterocycles. The molecule has 188 valence electrons. The Morgan fingerprint density at radius 3 is 2.44 bits per heavy atom. The van der Waals surface area contributed by atoms with Gasteiger partial charge in [-0.3, -0.25) is 0 Å². The summed E-state index contributed by atoms with van der Waals surface area (Å²) in [5.41, 5.74) is 4.12. The van der Waals surface area contributed by atoms with E-state index in [0.29, 0.717) is 13.2 Å². The van der Waals surface area contributed by atoms with Crippen molar-refractivity contribution in [3.8, 4) is 5.75 Å². The highest BCUT2D eigenvalue weighted by Crippen LogP contribution is 2.26. The molecule has 0 aliphatic carbocycles. The van der Waals surface area contributed by atoms with Crippen molar-refractivity contribution in [3.63, 3.8) is 0 Å². The van der Waals surface area contributed by atoms with Gasteiger partial charge in [0.25, 0.3) is 0 Å². The van der Waals surface area contributed by atoms with Crippen LogP contribution in [0.2, 0.25) is 0 Å². The van der Waals surface area contributed by atoms with Crippen LogP contribution in [0.15, 0.2) is 79.1 Å². The van der Waals surface area contributed by atoms with Crippen molar-refractivity contribution in [2.45, 2.75) is 19.4 Å². The maximum absolute atomic E-state index is 11.4. The lowest BCUT2D eigenvalue weighted by atomic mass is 10.1. The SMILES string of the molecule is CN(CCCc1ccc2ncnc(Nc3ccc(OCc4ccccc4)cc3)c2c1)CCS(C)(=O)=O. The lowest BCUT2D eigenvalue weighted by Crippen LogP contribution is -2.26. The second-order valence-electron chi connectivity index (χ2n) is 9.03. The maximum Gasteiger partial charge on any atom is 0.148 e. The number of fused-ring (bicyclic) bond motifs is 1. The number of benzene rings is 3. The number of sulfone groups is 1. The summed E-state index contributed by atoms with van der Waals surface area (Å²) in [6.07, 6.45) is 4.67. The number of nitrogens with one attached hydrogen (secondary N) is 1. The van der Waals surface area contributed by atoms with E-state index in [1.54, 1.807) is 6.33 Å². The van der Waals surface area contributed by atoms with E-state index in [2.05, 4.69) is 32.3 Å². The van der Waals surface area contributed by atoms with Gasteiger partial charge in [-0.2, -0.15) is 0 Å². The van der Waals surface area contributed by atoms with Crippen molar-refractivity contribution in [1.29, 1.82) is 0 Å². The lowest BCUT2D eigenvalue weighted by molar-refractivity contribution is 0.306. The summed E-state index contributed by atoms with van der Waals surface area (Å²) in [5.74, 6) is 1.75. The van der Waals surface area contributed by atoms with Gasteiger partial charge in [0, 0.05) is 23.9 Å². The quantitative estimate of drug-likeness (QED) is 0.295. The Morgan fingerprint density at radius 2 is 1.69 bits per heavy atom. The van der Waals surface area contributed by atoms with Gasteiger partial charge in [-0.05, 0) is 74.0 Å². The van der Waals surface area contributed by atoms with Crippen LogP contribution in [0.25, 0.3) is 10.9 Å². The number of aromatic nitrogens is 2. The number of anilines is 2. The molecule has 0 atom stereocenters. The molecule has 0 aliphatic rings. The van der Waals surface area contributed by atoms with E-state index in [0.717, 1.165) is 53.1 Å². The molecule has 8 heteroatoms. The average Bonchev–Trinajstić information content (AvgIpc) is 2.87. The zero-order chi connectivity index (χ0) is 25.4. The third-order valence-electron chi connectivity index (χ3n) is 5.91. The fraction of sp³-hybridized carbons (Fsp3) is 0.286. The molecule has 3 aromatic carbocycles. The lowest BCUT2D eigenvalue weighted by Gasteiger charge is -2.16. The first kappa shape index (κ1) is 25.6. The predicted octanol–water partition coefficient (Wildman–Crippen LogP) is 4.86. The van der Waals surface area contributed by atoms with Gasteiger partial charge in [-0.15, -0.1) is 0 Å². The Hall–Kier alpha value is -3.49. The van der Waals surface area contributed by atoms with Crippen LogP contribution in [-0.2, 0) is 22.9 Å². The van der Waals surface area contributed by atoms with Crippen LogP contribution in [0.1, 0.15) is 17.5 Å². The highest BCUT2D eigenvalue weighted by atomic mass is 32.2. The molecule has 0 unspecified atom stereocenters. The van der Waals surface area contributed by atoms with Gasteiger partial charge in [0.15, 0.2) is 0 Å². The zero-order valence-electron chi connectivity index (χ0n) is 20.7. The van der Waals surface area contributed by atoms with E-state index >= 15 is 0 Å². The molecular weight excluding hydrogens is 472 g/mol. The van der Waals surface area contributed by atoms with Gasteiger partial charge >= 0.3 is 0 Å². The molecule has 0 bridgehead atoms. The Morgan fingerprint density at radius 1 is 0.917 bits per heavy atom. The molecule has 0 amide bonds. The first-order valence-corrected chi connectivity index (χ1v) is 14.1. The van der Waals surface area contributed by atoms with Crippen molar-refractivity contribution in [1.82, 2.24) is 14.9 Å². The predicted molar refractivity (Wildman–Crippen MR) is 146 cm³/mol. The van der Waals surface area contributed by atoms with E-state index < -0.39 is 9.84 Å². The van der Waals surface area contributed by atoms with Crippen LogP contribution in [0, 0.1) is 0 Å². The van der Waals surface area contributed by atoms with Crippen LogP contribution in [0.3, 0.4) is 0 Å². The molecule has 0 radical (unpaired) electrons. The summed E-state index contributed by atoms with van der Waals surface area (Å²) in [7, 11) is -0.980. The average molecular weight is 505 g/mol. The van der Waals surface area contributed by atoms with Gasteiger partial charge in [0.1, 0.15) is 34.3 Å². The third kappa shape index (κ3) is 7.76. The minimum absolute atomic E-state index is 0.186. The first-order chi connectivity index (χ1) is 17.4. The Labute approximate surface area is 213 Å². The molecule has 0 saturated heterocycles. The molecule has 4 aromatic rings. The standard InChI is InChI=1S/C28H32N4O3S/c1-32(17-18-36(2,33)34)16-6-9-22-10-15-27-26(19-22)28(30-21-29-27)31-24-11-13-25(14-12-24)35-20-23-7-4-3-5-8-23/h3-5,7-8,10-15,19,21H,6,9,16-18,20H2,1-2H3,(H,29,30,31). The number of ether oxygens (including phenoxy) is 1. The topological polar surface area (TPSA) is 84.4 Å². The Kier molecular flexibility index (Phi) is 8.51. The monoisotopic (exact) mass is 504 g/mol. The van der Waals surface area contributed by atoms with Gasteiger partial charge in [0.2, 0.25) is 0 Å². The third-order valence-corrected chi connectivity index (χ3v) is 6.84. The number of hydrogen-bond donors (Lipinski definition) is 1. The molecule has 0 spiro atoms. The Bertz CT molecular complexity index is 1380. The van der Waals surface area contributed by atoms with Crippen LogP contribution in [0.5, 0.6) is 5.75 Å². The summed E-state index contributed by atoms with van der Waals surface area (Å²) >= 11 is 0. The van der Waals surface area contributed by atoms with Gasteiger partial charge in [-0.1, -0.05) is 36.4 Å². The van der Waals surface area contributed by atoms with Crippen molar-refractivity contribution >= 4 is 32.2 Å². The molecule has 36 heavy (non-hydrogen) atoms. The summed E-state index contributed by atoms with van der Waals surface area (Å²) in [6, 6.07) is 24.2. The number of hydrogen-bond acceptors (Lipinski definition) is 7. The minimum atomic E-state index is -2.94. The minimum Gasteiger partial charge on any atom is -0.489 e. The summed E-state index contributed by atoms with van der Waals surface area (Å²) in [5, 5.41) is 4.37. The van der Waals surface area contributed by atoms with Gasteiger partial charge in [0.05, 0.1) is 11.3 Å². The molecule has 4 rings (SSSR count). The molecule has 0 saturated carbocycles. The molecule has 1 N–H and O–H groups in total. The van der Waals surface area contributed by atoms with Crippen LogP contribution >= 0.6 is 0 Å². The molecule has 0 aliphatic heterocycles. The Balaban J connectivity index is 1.36. The van der Waals surface area contributed by atoms with Gasteiger partial charge < -0.3 is 15.0 Å². The summed E-state index contributed by atoms with van der Waals surface area (Å²) in [6.45, 7) is 1.91. The zero-order valence-corrected chi connectivity index (χ0v) is 21.5. The molecule has 7 nitrogen and oxygen atoms in total. The number of rotatable bonds is 12. The highest BCUT2D eigenvalue weighted by Gasteiger charge is 2.08.